The summed E-state index contributed by atoms with van der Waals surface area (Å²) in [6.07, 6.45) is 2.62. The van der Waals surface area contributed by atoms with Crippen LogP contribution in [0.2, 0.25) is 0 Å². The zero-order valence-corrected chi connectivity index (χ0v) is 25.4. The van der Waals surface area contributed by atoms with E-state index in [1.165, 1.54) is 13.8 Å². The van der Waals surface area contributed by atoms with Crippen LogP contribution in [-0.4, -0.2) is 51.2 Å². The van der Waals surface area contributed by atoms with Gasteiger partial charge in [-0.2, -0.15) is 0 Å². The Morgan fingerprint density at radius 3 is 2.17 bits per heavy atom. The number of aliphatic hydroxyl groups is 1. The van der Waals surface area contributed by atoms with Crippen LogP contribution in [0.3, 0.4) is 0 Å². The lowest BCUT2D eigenvalue weighted by Crippen LogP contribution is -2.65. The Kier molecular flexibility index (Phi) is 6.86. The van der Waals surface area contributed by atoms with Crippen LogP contribution < -0.4 is 0 Å². The molecule has 0 aromatic carbocycles. The minimum atomic E-state index is -2.02. The normalized spacial score (nSPS) is 38.5. The second-order valence-corrected chi connectivity index (χ2v) is 14.8. The van der Waals surface area contributed by atoms with E-state index in [2.05, 4.69) is 0 Å². The second kappa shape index (κ2) is 9.01. The number of ether oxygens (including phenoxy) is 1. The minimum absolute atomic E-state index is 0.0123. The highest BCUT2D eigenvalue weighted by Gasteiger charge is 2.75. The number of carbonyl (C=O) groups excluding carboxylic acids is 6. The number of carbonyl (C=O) groups is 6. The fourth-order valence-corrected chi connectivity index (χ4v) is 9.18. The fourth-order valence-electron chi connectivity index (χ4n) is 9.18. The first-order valence-electron chi connectivity index (χ1n) is 14.4. The van der Waals surface area contributed by atoms with E-state index in [1.807, 2.05) is 26.8 Å². The number of esters is 1. The molecule has 0 spiro atoms. The van der Waals surface area contributed by atoms with E-state index in [1.54, 1.807) is 27.7 Å². The van der Waals surface area contributed by atoms with E-state index in [9.17, 15) is 33.9 Å². The molecule has 0 amide bonds. The lowest BCUT2D eigenvalue weighted by Gasteiger charge is -2.63. The molecule has 0 saturated heterocycles. The van der Waals surface area contributed by atoms with Gasteiger partial charge >= 0.3 is 5.97 Å². The maximum atomic E-state index is 14.3. The Morgan fingerprint density at radius 2 is 1.60 bits per heavy atom. The predicted molar refractivity (Wildman–Crippen MR) is 146 cm³/mol. The van der Waals surface area contributed by atoms with E-state index >= 15 is 0 Å². The Labute approximate surface area is 236 Å². The molecule has 8 nitrogen and oxygen atoms in total. The Hall–Kier alpha value is -2.48. The van der Waals surface area contributed by atoms with Crippen LogP contribution in [0.25, 0.3) is 0 Å². The number of hydrogen-bond donors (Lipinski definition) is 1. The molecule has 4 aliphatic carbocycles. The Morgan fingerprint density at radius 1 is 1.00 bits per heavy atom. The van der Waals surface area contributed by atoms with Crippen molar-refractivity contribution in [3.63, 3.8) is 0 Å². The van der Waals surface area contributed by atoms with Crippen molar-refractivity contribution in [1.29, 1.82) is 0 Å². The number of allylic oxidation sites excluding steroid dienone is 2. The van der Waals surface area contributed by atoms with Crippen LogP contribution in [0.15, 0.2) is 11.6 Å². The predicted octanol–water partition coefficient (Wildman–Crippen LogP) is 4.14. The molecular weight excluding hydrogens is 512 g/mol. The molecule has 3 saturated carbocycles. The van der Waals surface area contributed by atoms with E-state index in [0.717, 1.165) is 5.57 Å². The highest BCUT2D eigenvalue weighted by molar-refractivity contribution is 6.40. The summed E-state index contributed by atoms with van der Waals surface area (Å²) in [5.74, 6) is -4.06. The average Bonchev–Trinajstić information content (AvgIpc) is 3.01. The van der Waals surface area contributed by atoms with Crippen LogP contribution in [0.4, 0.5) is 0 Å². The summed E-state index contributed by atoms with van der Waals surface area (Å²) < 4.78 is 5.29. The molecule has 4 rings (SSSR count). The zero-order chi connectivity index (χ0) is 30.4. The smallest absolute Gasteiger partial charge is 0.303 e. The molecular formula is C32H44O8. The maximum absolute atomic E-state index is 14.3. The molecule has 220 valence electrons. The fraction of sp³-hybridized carbons (Fsp3) is 0.750. The van der Waals surface area contributed by atoms with E-state index < -0.39 is 68.0 Å². The van der Waals surface area contributed by atoms with E-state index in [0.29, 0.717) is 6.42 Å². The van der Waals surface area contributed by atoms with Gasteiger partial charge in [-0.25, -0.2) is 0 Å². The molecule has 40 heavy (non-hydrogen) atoms. The highest BCUT2D eigenvalue weighted by Crippen LogP contribution is 2.73. The monoisotopic (exact) mass is 556 g/mol. The van der Waals surface area contributed by atoms with Crippen LogP contribution in [0.5, 0.6) is 0 Å². The van der Waals surface area contributed by atoms with Gasteiger partial charge in [-0.15, -0.1) is 0 Å². The number of rotatable bonds is 6. The molecule has 0 aliphatic heterocycles. The van der Waals surface area contributed by atoms with E-state index in [-0.39, 0.29) is 49.6 Å². The summed E-state index contributed by atoms with van der Waals surface area (Å²) in [6.45, 7) is 15.3. The quantitative estimate of drug-likeness (QED) is 0.293. The van der Waals surface area contributed by atoms with Crippen LogP contribution in [-0.2, 0) is 33.5 Å². The van der Waals surface area contributed by atoms with Crippen molar-refractivity contribution >= 4 is 34.9 Å². The topological polar surface area (TPSA) is 132 Å². The highest BCUT2D eigenvalue weighted by atomic mass is 16.6. The van der Waals surface area contributed by atoms with Gasteiger partial charge in [0.25, 0.3) is 0 Å². The number of hydrogen-bond acceptors (Lipinski definition) is 8. The lowest BCUT2D eigenvalue weighted by atomic mass is 9.38. The molecule has 4 aliphatic rings. The zero-order valence-electron chi connectivity index (χ0n) is 25.4. The number of ketones is 5. The third-order valence-corrected chi connectivity index (χ3v) is 11.5. The first-order chi connectivity index (χ1) is 18.1. The number of fused-ring (bicyclic) bond motifs is 5. The molecule has 0 bridgehead atoms. The molecule has 0 unspecified atom stereocenters. The molecule has 7 atom stereocenters. The van der Waals surface area contributed by atoms with Crippen molar-refractivity contribution in [1.82, 2.24) is 0 Å². The van der Waals surface area contributed by atoms with Crippen molar-refractivity contribution in [2.45, 2.75) is 112 Å². The van der Waals surface area contributed by atoms with Gasteiger partial charge in [-0.05, 0) is 64.2 Å². The van der Waals surface area contributed by atoms with Gasteiger partial charge in [-0.3, -0.25) is 28.8 Å². The van der Waals surface area contributed by atoms with Gasteiger partial charge < -0.3 is 9.84 Å². The van der Waals surface area contributed by atoms with Crippen molar-refractivity contribution < 1.29 is 38.6 Å². The summed E-state index contributed by atoms with van der Waals surface area (Å²) in [7, 11) is 0. The minimum Gasteiger partial charge on any atom is -0.460 e. The summed E-state index contributed by atoms with van der Waals surface area (Å²) in [4.78, 5) is 78.6. The summed E-state index contributed by atoms with van der Waals surface area (Å²) in [5, 5.41) is 11.7. The Balaban J connectivity index is 1.72. The van der Waals surface area contributed by atoms with Crippen LogP contribution in [0.1, 0.15) is 101 Å². The summed E-state index contributed by atoms with van der Waals surface area (Å²) in [6, 6.07) is 0. The largest absolute Gasteiger partial charge is 0.460 e. The van der Waals surface area contributed by atoms with Crippen molar-refractivity contribution in [2.75, 3.05) is 0 Å². The van der Waals surface area contributed by atoms with Gasteiger partial charge in [0, 0.05) is 43.9 Å². The third kappa shape index (κ3) is 4.03. The lowest BCUT2D eigenvalue weighted by molar-refractivity contribution is -0.182. The van der Waals surface area contributed by atoms with Crippen molar-refractivity contribution in [2.24, 2.45) is 39.4 Å². The molecule has 0 aromatic heterocycles. The first kappa shape index (κ1) is 30.5. The second-order valence-electron chi connectivity index (χ2n) is 14.8. The van der Waals surface area contributed by atoms with Crippen LogP contribution >= 0.6 is 0 Å². The van der Waals surface area contributed by atoms with Gasteiger partial charge in [0.05, 0.1) is 11.3 Å². The molecule has 0 aromatic rings. The van der Waals surface area contributed by atoms with Crippen molar-refractivity contribution in [3.05, 3.63) is 11.6 Å². The maximum Gasteiger partial charge on any atom is 0.303 e. The van der Waals surface area contributed by atoms with Crippen molar-refractivity contribution in [3.8, 4) is 0 Å². The first-order valence-corrected chi connectivity index (χ1v) is 14.4. The average molecular weight is 557 g/mol. The standard InChI is InChI=1S/C32H44O8/c1-17(33)40-27(2,3)13-12-23(36)32(9,39)25-21(35)15-29(6)22-11-10-18-19(14-20(34)26(38)28(18,4)5)31(22,8)24(37)16-30(25,29)7/h10,19,22,25,39H,11-16H2,1-9H3/t19-,22+,25+,29+,30-,31+,32+/m1/s1. The SMILES string of the molecule is CC(=O)OC(C)(C)CCC(=O)[C@](C)(O)[C@H]1C(=O)C[C@@]2(C)[C@@H]3CC=C4[C@@H](CC(=O)C(=O)C4(C)C)[C@]3(C)C(=O)C[C@]12C. The molecule has 1 N–H and O–H groups in total. The van der Waals surface area contributed by atoms with E-state index in [4.69, 9.17) is 4.74 Å². The van der Waals surface area contributed by atoms with Gasteiger partial charge in [0.1, 0.15) is 22.8 Å². The number of Topliss-reactive ketones (excluding diaryl/α,β-unsaturated/α-hetero) is 5. The summed E-state index contributed by atoms with van der Waals surface area (Å²) >= 11 is 0. The van der Waals surface area contributed by atoms with Gasteiger partial charge in [0.2, 0.25) is 5.78 Å². The van der Waals surface area contributed by atoms with Gasteiger partial charge in [-0.1, -0.05) is 32.4 Å². The molecule has 8 heteroatoms. The summed E-state index contributed by atoms with van der Waals surface area (Å²) in [5.41, 5.74) is -5.77. The molecule has 3 fully saturated rings. The van der Waals surface area contributed by atoms with Gasteiger partial charge in [0.15, 0.2) is 11.6 Å². The Bertz CT molecular complexity index is 1250. The third-order valence-electron chi connectivity index (χ3n) is 11.5. The molecule has 0 radical (unpaired) electrons. The van der Waals surface area contributed by atoms with Crippen LogP contribution in [0, 0.1) is 39.4 Å². The molecule has 0 heterocycles.